The van der Waals surface area contributed by atoms with Crippen LogP contribution in [0.2, 0.25) is 0 Å². The molecule has 1 heterocycles. The van der Waals surface area contributed by atoms with Crippen molar-refractivity contribution >= 4 is 5.91 Å². The smallest absolute Gasteiger partial charge is 0.225 e. The molecule has 1 fully saturated rings. The molecule has 1 aliphatic rings. The van der Waals surface area contributed by atoms with E-state index >= 15 is 0 Å². The van der Waals surface area contributed by atoms with Crippen molar-refractivity contribution in [3.63, 3.8) is 0 Å². The van der Waals surface area contributed by atoms with Crippen LogP contribution >= 0.6 is 0 Å². The molecule has 1 amide bonds. The molecule has 3 heteroatoms. The molecule has 0 aromatic carbocycles. The Labute approximate surface area is 91.8 Å². The highest BCUT2D eigenvalue weighted by Gasteiger charge is 2.42. The minimum absolute atomic E-state index is 0.0499. The van der Waals surface area contributed by atoms with E-state index in [1.54, 1.807) is 11.0 Å². The third kappa shape index (κ3) is 2.81. The molecule has 1 aliphatic heterocycles. The summed E-state index contributed by atoms with van der Waals surface area (Å²) in [6, 6.07) is 0. The van der Waals surface area contributed by atoms with E-state index in [0.717, 1.165) is 19.3 Å². The lowest BCUT2D eigenvalue weighted by Gasteiger charge is -2.33. The molecule has 0 bridgehead atoms. The fraction of sp³-hybridized carbons (Fsp3) is 0.750. The van der Waals surface area contributed by atoms with Crippen LogP contribution in [0.4, 0.5) is 0 Å². The van der Waals surface area contributed by atoms with Crippen LogP contribution in [0.5, 0.6) is 0 Å². The molecule has 3 nitrogen and oxygen atoms in total. The zero-order valence-electron chi connectivity index (χ0n) is 9.54. The van der Waals surface area contributed by atoms with Gasteiger partial charge in [-0.15, -0.1) is 6.58 Å². The van der Waals surface area contributed by atoms with Crippen LogP contribution in [0.15, 0.2) is 12.7 Å². The molecule has 0 saturated carbocycles. The van der Waals surface area contributed by atoms with Crippen LogP contribution in [0, 0.1) is 0 Å². The summed E-state index contributed by atoms with van der Waals surface area (Å²) in [7, 11) is 0. The van der Waals surface area contributed by atoms with Gasteiger partial charge in [0.15, 0.2) is 0 Å². The SMILES string of the molecule is C=CCN1C(=O)CCC1(O)CCCCC. The molecule has 0 aromatic rings. The number of rotatable bonds is 6. The maximum atomic E-state index is 11.5. The summed E-state index contributed by atoms with van der Waals surface area (Å²) in [4.78, 5) is 13.1. The first-order valence-corrected chi connectivity index (χ1v) is 5.78. The number of aliphatic hydroxyl groups is 1. The predicted octanol–water partition coefficient (Wildman–Crippen LogP) is 2.06. The van der Waals surface area contributed by atoms with E-state index in [2.05, 4.69) is 13.5 Å². The van der Waals surface area contributed by atoms with E-state index in [0.29, 0.717) is 25.8 Å². The third-order valence-electron chi connectivity index (χ3n) is 3.04. The zero-order chi connectivity index (χ0) is 11.3. The number of carbonyl (C=O) groups excluding carboxylic acids is 1. The number of hydrogen-bond donors (Lipinski definition) is 1. The molecular formula is C12H21NO2. The van der Waals surface area contributed by atoms with Crippen molar-refractivity contribution in [2.45, 2.75) is 51.2 Å². The maximum absolute atomic E-state index is 11.5. The van der Waals surface area contributed by atoms with Gasteiger partial charge >= 0.3 is 0 Å². The van der Waals surface area contributed by atoms with E-state index in [-0.39, 0.29) is 5.91 Å². The Kier molecular flexibility index (Phi) is 4.33. The van der Waals surface area contributed by atoms with Gasteiger partial charge in [-0.25, -0.2) is 0 Å². The van der Waals surface area contributed by atoms with Gasteiger partial charge in [-0.05, 0) is 12.8 Å². The first-order chi connectivity index (χ1) is 7.14. The molecule has 1 unspecified atom stereocenters. The topological polar surface area (TPSA) is 40.5 Å². The number of carbonyl (C=O) groups is 1. The van der Waals surface area contributed by atoms with Crippen LogP contribution < -0.4 is 0 Å². The Bertz CT molecular complexity index is 240. The van der Waals surface area contributed by atoms with Gasteiger partial charge in [0.1, 0.15) is 5.72 Å². The van der Waals surface area contributed by atoms with Crippen LogP contribution in [0.1, 0.15) is 45.4 Å². The van der Waals surface area contributed by atoms with Crippen LogP contribution in [0.3, 0.4) is 0 Å². The van der Waals surface area contributed by atoms with Crippen molar-refractivity contribution in [1.29, 1.82) is 0 Å². The van der Waals surface area contributed by atoms with Crippen molar-refractivity contribution in [3.05, 3.63) is 12.7 Å². The molecule has 0 aromatic heterocycles. The highest BCUT2D eigenvalue weighted by Crippen LogP contribution is 2.32. The predicted molar refractivity (Wildman–Crippen MR) is 60.2 cm³/mol. The average Bonchev–Trinajstić information content (AvgIpc) is 2.48. The molecule has 1 N–H and O–H groups in total. The lowest BCUT2D eigenvalue weighted by Crippen LogP contribution is -2.45. The minimum atomic E-state index is -0.902. The number of likely N-dealkylation sites (tertiary alicyclic amines) is 1. The largest absolute Gasteiger partial charge is 0.371 e. The molecule has 1 atom stereocenters. The zero-order valence-corrected chi connectivity index (χ0v) is 9.54. The lowest BCUT2D eigenvalue weighted by atomic mass is 10.0. The normalized spacial score (nSPS) is 26.0. The monoisotopic (exact) mass is 211 g/mol. The summed E-state index contributed by atoms with van der Waals surface area (Å²) in [5.74, 6) is 0.0499. The Hall–Kier alpha value is -0.830. The molecule has 15 heavy (non-hydrogen) atoms. The van der Waals surface area contributed by atoms with Gasteiger partial charge in [-0.2, -0.15) is 0 Å². The van der Waals surface area contributed by atoms with E-state index < -0.39 is 5.72 Å². The summed E-state index contributed by atoms with van der Waals surface area (Å²) >= 11 is 0. The average molecular weight is 211 g/mol. The number of hydrogen-bond acceptors (Lipinski definition) is 2. The van der Waals surface area contributed by atoms with E-state index in [1.807, 2.05) is 0 Å². The molecule has 0 spiro atoms. The summed E-state index contributed by atoms with van der Waals surface area (Å²) in [5.41, 5.74) is -0.902. The second kappa shape index (κ2) is 5.31. The van der Waals surface area contributed by atoms with Crippen LogP contribution in [0.25, 0.3) is 0 Å². The second-order valence-electron chi connectivity index (χ2n) is 4.23. The van der Waals surface area contributed by atoms with Crippen molar-refractivity contribution in [2.75, 3.05) is 6.54 Å². The van der Waals surface area contributed by atoms with Gasteiger partial charge in [-0.1, -0.05) is 25.8 Å². The second-order valence-corrected chi connectivity index (χ2v) is 4.23. The Morgan fingerprint density at radius 1 is 1.60 bits per heavy atom. The van der Waals surface area contributed by atoms with Crippen LogP contribution in [-0.4, -0.2) is 28.2 Å². The molecular weight excluding hydrogens is 190 g/mol. The molecule has 0 aliphatic carbocycles. The third-order valence-corrected chi connectivity index (χ3v) is 3.04. The highest BCUT2D eigenvalue weighted by molar-refractivity contribution is 5.79. The standard InChI is InChI=1S/C12H21NO2/c1-3-5-6-8-12(15)9-7-11(14)13(12)10-4-2/h4,15H,2-3,5-10H2,1H3. The fourth-order valence-corrected chi connectivity index (χ4v) is 2.13. The Balaban J connectivity index is 2.56. The van der Waals surface area contributed by atoms with Gasteiger partial charge in [-0.3, -0.25) is 4.79 Å². The molecule has 86 valence electrons. The Morgan fingerprint density at radius 3 is 2.93 bits per heavy atom. The minimum Gasteiger partial charge on any atom is -0.371 e. The van der Waals surface area contributed by atoms with Gasteiger partial charge in [0.05, 0.1) is 0 Å². The van der Waals surface area contributed by atoms with Crippen molar-refractivity contribution in [1.82, 2.24) is 4.90 Å². The number of amides is 1. The summed E-state index contributed by atoms with van der Waals surface area (Å²) < 4.78 is 0. The molecule has 1 saturated heterocycles. The van der Waals surface area contributed by atoms with Crippen LogP contribution in [-0.2, 0) is 4.79 Å². The van der Waals surface area contributed by atoms with E-state index in [4.69, 9.17) is 0 Å². The molecule has 0 radical (unpaired) electrons. The van der Waals surface area contributed by atoms with E-state index in [1.165, 1.54) is 0 Å². The van der Waals surface area contributed by atoms with Crippen molar-refractivity contribution in [2.24, 2.45) is 0 Å². The maximum Gasteiger partial charge on any atom is 0.225 e. The number of unbranched alkanes of at least 4 members (excludes halogenated alkanes) is 2. The van der Waals surface area contributed by atoms with Gasteiger partial charge < -0.3 is 10.0 Å². The summed E-state index contributed by atoms with van der Waals surface area (Å²) in [6.07, 6.45) is 6.63. The number of nitrogens with zero attached hydrogens (tertiary/aromatic N) is 1. The lowest BCUT2D eigenvalue weighted by molar-refractivity contribution is -0.144. The summed E-state index contributed by atoms with van der Waals surface area (Å²) in [5, 5.41) is 10.3. The summed E-state index contributed by atoms with van der Waals surface area (Å²) in [6.45, 7) is 6.21. The molecule has 1 rings (SSSR count). The first kappa shape index (κ1) is 12.2. The van der Waals surface area contributed by atoms with Crippen molar-refractivity contribution in [3.8, 4) is 0 Å². The van der Waals surface area contributed by atoms with Gasteiger partial charge in [0.2, 0.25) is 5.91 Å². The quantitative estimate of drug-likeness (QED) is 0.539. The fourth-order valence-electron chi connectivity index (χ4n) is 2.13. The van der Waals surface area contributed by atoms with E-state index in [9.17, 15) is 9.90 Å². The van der Waals surface area contributed by atoms with Gasteiger partial charge in [0.25, 0.3) is 0 Å². The Morgan fingerprint density at radius 2 is 2.33 bits per heavy atom. The highest BCUT2D eigenvalue weighted by atomic mass is 16.3. The first-order valence-electron chi connectivity index (χ1n) is 5.78. The van der Waals surface area contributed by atoms with Crippen molar-refractivity contribution < 1.29 is 9.90 Å². The van der Waals surface area contributed by atoms with Gasteiger partial charge in [0, 0.05) is 19.4 Å².